The lowest BCUT2D eigenvalue weighted by molar-refractivity contribution is 0.0944. The molecule has 0 bridgehead atoms. The van der Waals surface area contributed by atoms with Crippen molar-refractivity contribution < 1.29 is 13.7 Å². The van der Waals surface area contributed by atoms with Crippen LogP contribution in [0, 0.1) is 19.7 Å². The van der Waals surface area contributed by atoms with Crippen molar-refractivity contribution in [3.05, 3.63) is 74.8 Å². The van der Waals surface area contributed by atoms with Gasteiger partial charge in [-0.05, 0) is 24.4 Å². The lowest BCUT2D eigenvalue weighted by Gasteiger charge is -2.16. The molecule has 0 radical (unpaired) electrons. The van der Waals surface area contributed by atoms with Gasteiger partial charge in [-0.1, -0.05) is 23.4 Å². The second-order valence-corrected chi connectivity index (χ2v) is 7.82. The third-order valence-corrected chi connectivity index (χ3v) is 5.95. The van der Waals surface area contributed by atoms with Crippen molar-refractivity contribution in [1.29, 1.82) is 0 Å². The van der Waals surface area contributed by atoms with Gasteiger partial charge >= 0.3 is 0 Å². The topological polar surface area (TPSA) is 80.9 Å². The zero-order chi connectivity index (χ0) is 19.7. The summed E-state index contributed by atoms with van der Waals surface area (Å²) in [4.78, 5) is 22.1. The Morgan fingerprint density at radius 2 is 2.04 bits per heavy atom. The van der Waals surface area contributed by atoms with Crippen molar-refractivity contribution in [3.63, 3.8) is 0 Å². The second kappa shape index (κ2) is 7.61. The van der Waals surface area contributed by atoms with Crippen molar-refractivity contribution in [1.82, 2.24) is 20.4 Å². The van der Waals surface area contributed by atoms with Crippen molar-refractivity contribution in [3.8, 4) is 10.6 Å². The van der Waals surface area contributed by atoms with Crippen molar-refractivity contribution in [2.75, 3.05) is 0 Å². The molecule has 1 unspecified atom stereocenters. The van der Waals surface area contributed by atoms with E-state index < -0.39 is 11.9 Å². The fourth-order valence-electron chi connectivity index (χ4n) is 2.74. The van der Waals surface area contributed by atoms with Gasteiger partial charge < -0.3 is 9.84 Å². The Bertz CT molecular complexity index is 1120. The minimum absolute atomic E-state index is 0.191. The molecule has 9 heteroatoms. The molecular weight excluding hydrogens is 399 g/mol. The summed E-state index contributed by atoms with van der Waals surface area (Å²) in [5.74, 6) is -0.307. The van der Waals surface area contributed by atoms with Gasteiger partial charge in [0.1, 0.15) is 21.7 Å². The molecule has 0 saturated heterocycles. The number of thiazole rings is 1. The Morgan fingerprint density at radius 1 is 1.21 bits per heavy atom. The van der Waals surface area contributed by atoms with Gasteiger partial charge in [-0.15, -0.1) is 11.3 Å². The maximum Gasteiger partial charge on any atom is 0.264 e. The maximum atomic E-state index is 14.4. The first-order chi connectivity index (χ1) is 13.5. The van der Waals surface area contributed by atoms with Crippen LogP contribution in [0.4, 0.5) is 4.39 Å². The van der Waals surface area contributed by atoms with Gasteiger partial charge in [0.2, 0.25) is 5.89 Å². The van der Waals surface area contributed by atoms with E-state index in [1.54, 1.807) is 43.4 Å². The number of halogens is 1. The van der Waals surface area contributed by atoms with Gasteiger partial charge in [0.05, 0.1) is 5.69 Å². The smallest absolute Gasteiger partial charge is 0.264 e. The van der Waals surface area contributed by atoms with Crippen LogP contribution in [0.15, 0.2) is 45.6 Å². The number of aromatic nitrogens is 3. The third-order valence-electron chi connectivity index (χ3n) is 4.06. The van der Waals surface area contributed by atoms with Crippen LogP contribution in [0.25, 0.3) is 10.6 Å². The molecule has 1 N–H and O–H groups in total. The van der Waals surface area contributed by atoms with E-state index in [1.165, 1.54) is 17.4 Å². The summed E-state index contributed by atoms with van der Waals surface area (Å²) in [6.07, 6.45) is 0. The molecule has 4 aromatic rings. The second-order valence-electron chi connectivity index (χ2n) is 6.05. The highest BCUT2D eigenvalue weighted by atomic mass is 32.1. The fourth-order valence-corrected chi connectivity index (χ4v) is 4.42. The number of hydrogen-bond acceptors (Lipinski definition) is 7. The number of amides is 1. The molecule has 0 aliphatic rings. The zero-order valence-corrected chi connectivity index (χ0v) is 16.6. The molecule has 1 atom stereocenters. The van der Waals surface area contributed by atoms with Crippen LogP contribution < -0.4 is 5.32 Å². The summed E-state index contributed by atoms with van der Waals surface area (Å²) < 4.78 is 19.4. The van der Waals surface area contributed by atoms with E-state index in [-0.39, 0.29) is 17.3 Å². The molecule has 1 amide bonds. The van der Waals surface area contributed by atoms with E-state index in [9.17, 15) is 9.18 Å². The highest BCUT2D eigenvalue weighted by Crippen LogP contribution is 2.30. The number of thiophene rings is 1. The summed E-state index contributed by atoms with van der Waals surface area (Å²) >= 11 is 2.86. The monoisotopic (exact) mass is 414 g/mol. The van der Waals surface area contributed by atoms with Crippen LogP contribution in [0.5, 0.6) is 0 Å². The Labute approximate surface area is 168 Å². The first kappa shape index (κ1) is 18.5. The Kier molecular flexibility index (Phi) is 5.01. The number of nitrogens with one attached hydrogen (secondary N) is 1. The summed E-state index contributed by atoms with van der Waals surface area (Å²) in [7, 11) is 0. The molecular formula is C19H15FN4O2S2. The quantitative estimate of drug-likeness (QED) is 0.519. The first-order valence-corrected chi connectivity index (χ1v) is 10.1. The van der Waals surface area contributed by atoms with E-state index in [0.29, 0.717) is 16.5 Å². The maximum absolute atomic E-state index is 14.4. The number of aryl methyl sites for hydroxylation is 2. The van der Waals surface area contributed by atoms with Gasteiger partial charge in [0, 0.05) is 23.4 Å². The van der Waals surface area contributed by atoms with Crippen LogP contribution in [0.3, 0.4) is 0 Å². The number of carbonyl (C=O) groups excluding carboxylic acids is 1. The van der Waals surface area contributed by atoms with Gasteiger partial charge in [-0.3, -0.25) is 4.79 Å². The van der Waals surface area contributed by atoms with E-state index in [4.69, 9.17) is 4.52 Å². The average Bonchev–Trinajstić information content (AvgIpc) is 3.41. The van der Waals surface area contributed by atoms with E-state index in [2.05, 4.69) is 20.4 Å². The van der Waals surface area contributed by atoms with Crippen LogP contribution >= 0.6 is 22.7 Å². The summed E-state index contributed by atoms with van der Waals surface area (Å²) in [5, 5.41) is 11.4. The molecule has 142 valence electrons. The van der Waals surface area contributed by atoms with Gasteiger partial charge in [-0.25, -0.2) is 9.37 Å². The fraction of sp³-hybridized carbons (Fsp3) is 0.158. The van der Waals surface area contributed by atoms with Crippen molar-refractivity contribution in [2.45, 2.75) is 19.9 Å². The summed E-state index contributed by atoms with van der Waals surface area (Å²) in [5.41, 5.74) is 1.84. The van der Waals surface area contributed by atoms with E-state index >= 15 is 0 Å². The largest absolute Gasteiger partial charge is 0.340 e. The molecule has 0 saturated carbocycles. The predicted molar refractivity (Wildman–Crippen MR) is 105 cm³/mol. The van der Waals surface area contributed by atoms with Gasteiger partial charge in [-0.2, -0.15) is 16.3 Å². The molecule has 3 aromatic heterocycles. The molecule has 4 rings (SSSR count). The summed E-state index contributed by atoms with van der Waals surface area (Å²) in [6, 6.07) is 7.26. The number of nitrogens with zero attached hydrogens (tertiary/aromatic N) is 3. The molecule has 0 spiro atoms. The number of hydrogen-bond donors (Lipinski definition) is 1. The van der Waals surface area contributed by atoms with E-state index in [1.807, 2.05) is 16.8 Å². The lowest BCUT2D eigenvalue weighted by Crippen LogP contribution is -2.30. The highest BCUT2D eigenvalue weighted by Gasteiger charge is 2.27. The van der Waals surface area contributed by atoms with E-state index in [0.717, 1.165) is 10.6 Å². The van der Waals surface area contributed by atoms with Crippen molar-refractivity contribution >= 4 is 28.6 Å². The average molecular weight is 414 g/mol. The standard InChI is InChI=1S/C19H15FN4O2S2/c1-10-16(28-19(21-10)12-7-8-27-9-12)18(25)23-15(17-22-11(2)26-24-17)13-5-3-4-6-14(13)20/h3-9,15H,1-2H3,(H,23,25). The lowest BCUT2D eigenvalue weighted by atomic mass is 10.1. The molecule has 28 heavy (non-hydrogen) atoms. The molecule has 6 nitrogen and oxygen atoms in total. The Morgan fingerprint density at radius 3 is 2.71 bits per heavy atom. The molecule has 1 aromatic carbocycles. The molecule has 3 heterocycles. The minimum Gasteiger partial charge on any atom is -0.340 e. The summed E-state index contributed by atoms with van der Waals surface area (Å²) in [6.45, 7) is 3.41. The van der Waals surface area contributed by atoms with Crippen LogP contribution in [0.2, 0.25) is 0 Å². The Balaban J connectivity index is 1.68. The van der Waals surface area contributed by atoms with Gasteiger partial charge in [0.15, 0.2) is 5.82 Å². The zero-order valence-electron chi connectivity index (χ0n) is 15.0. The minimum atomic E-state index is -0.878. The molecule has 0 aliphatic carbocycles. The number of carbonyl (C=O) groups is 1. The van der Waals surface area contributed by atoms with Crippen LogP contribution in [-0.4, -0.2) is 21.0 Å². The normalized spacial score (nSPS) is 12.1. The molecule has 0 fully saturated rings. The predicted octanol–water partition coefficient (Wildman–Crippen LogP) is 4.53. The van der Waals surface area contributed by atoms with Gasteiger partial charge in [0.25, 0.3) is 5.91 Å². The van der Waals surface area contributed by atoms with Crippen LogP contribution in [-0.2, 0) is 0 Å². The SMILES string of the molecule is Cc1nc(C(NC(=O)c2sc(-c3ccsc3)nc2C)c2ccccc2F)no1. The number of rotatable bonds is 5. The number of benzene rings is 1. The van der Waals surface area contributed by atoms with Crippen LogP contribution in [0.1, 0.15) is 38.7 Å². The van der Waals surface area contributed by atoms with Crippen molar-refractivity contribution in [2.24, 2.45) is 0 Å². The third kappa shape index (κ3) is 3.58. The highest BCUT2D eigenvalue weighted by molar-refractivity contribution is 7.17. The first-order valence-electron chi connectivity index (χ1n) is 8.38. The molecule has 0 aliphatic heterocycles. The Hall–Kier alpha value is -2.91.